The minimum absolute atomic E-state index is 0.226. The molecular formula is C34H26ClN3O3. The van der Waals surface area contributed by atoms with E-state index in [2.05, 4.69) is 10.5 Å². The number of amides is 3. The van der Waals surface area contributed by atoms with Gasteiger partial charge < -0.3 is 0 Å². The first-order valence-electron chi connectivity index (χ1n) is 13.7. The second-order valence-corrected chi connectivity index (χ2v) is 11.2. The minimum atomic E-state index is -1.05. The smallest absolute Gasteiger partial charge is 0.240 e. The number of halogens is 1. The molecule has 3 aliphatic carbocycles. The normalized spacial score (nSPS) is 23.8. The standard InChI is InChI=1S/C34H26ClN3O3/c35-26-16-8-9-17-27(26)38-32(40)30-29-22-12-4-6-14-24(22)34(31(30)33(38)41,25-15-7-5-13-23(25)29)20-36-37-28(39)19-18-21-10-2-1-3-11-21/h1-17,20,29-31H,18-19H2,(H,37,39)/b36-20-/t29?,30-,31-,34?/m1/s1. The van der Waals surface area contributed by atoms with Crippen LogP contribution in [0.25, 0.3) is 0 Å². The number of nitrogens with zero attached hydrogens (tertiary/aromatic N) is 2. The Bertz CT molecular complexity index is 1690. The van der Waals surface area contributed by atoms with E-state index in [1.807, 2.05) is 78.9 Å². The van der Waals surface area contributed by atoms with Crippen LogP contribution in [0.15, 0.2) is 108 Å². The van der Waals surface area contributed by atoms with Crippen molar-refractivity contribution in [2.24, 2.45) is 16.9 Å². The predicted octanol–water partition coefficient (Wildman–Crippen LogP) is 5.63. The van der Waals surface area contributed by atoms with Crippen molar-refractivity contribution in [1.82, 2.24) is 5.43 Å². The number of benzene rings is 4. The third-order valence-corrected chi connectivity index (χ3v) is 9.04. The van der Waals surface area contributed by atoms with Gasteiger partial charge in [0, 0.05) is 18.6 Å². The van der Waals surface area contributed by atoms with E-state index in [0.29, 0.717) is 17.1 Å². The lowest BCUT2D eigenvalue weighted by molar-refractivity contribution is -0.123. The highest BCUT2D eigenvalue weighted by atomic mass is 35.5. The van der Waals surface area contributed by atoms with Crippen molar-refractivity contribution in [2.75, 3.05) is 4.90 Å². The molecule has 0 aromatic heterocycles. The predicted molar refractivity (Wildman–Crippen MR) is 158 cm³/mol. The number of hydrazone groups is 1. The van der Waals surface area contributed by atoms with Crippen molar-refractivity contribution >= 4 is 41.2 Å². The van der Waals surface area contributed by atoms with E-state index in [-0.39, 0.29) is 30.1 Å². The quantitative estimate of drug-likeness (QED) is 0.189. The summed E-state index contributed by atoms with van der Waals surface area (Å²) in [7, 11) is 0. The molecular weight excluding hydrogens is 534 g/mol. The van der Waals surface area contributed by atoms with Crippen LogP contribution in [-0.4, -0.2) is 23.9 Å². The zero-order valence-corrected chi connectivity index (χ0v) is 22.8. The number of hydrogen-bond donors (Lipinski definition) is 1. The van der Waals surface area contributed by atoms with Gasteiger partial charge in [0.1, 0.15) is 0 Å². The summed E-state index contributed by atoms with van der Waals surface area (Å²) in [5, 5.41) is 4.81. The fraction of sp³-hybridized carbons (Fsp3) is 0.176. The Morgan fingerprint density at radius 1 is 0.829 bits per heavy atom. The van der Waals surface area contributed by atoms with Gasteiger partial charge in [0.15, 0.2) is 0 Å². The second kappa shape index (κ2) is 9.82. The first-order valence-corrected chi connectivity index (χ1v) is 14.1. The lowest BCUT2D eigenvalue weighted by atomic mass is 9.47. The van der Waals surface area contributed by atoms with Crippen LogP contribution >= 0.6 is 11.6 Å². The molecule has 4 aromatic rings. The maximum Gasteiger partial charge on any atom is 0.240 e. The summed E-state index contributed by atoms with van der Waals surface area (Å²) in [5.74, 6) is -2.48. The van der Waals surface area contributed by atoms with Crippen LogP contribution in [0, 0.1) is 11.8 Å². The van der Waals surface area contributed by atoms with Gasteiger partial charge >= 0.3 is 0 Å². The average molecular weight is 560 g/mol. The van der Waals surface area contributed by atoms with Crippen LogP contribution in [0.5, 0.6) is 0 Å². The summed E-state index contributed by atoms with van der Waals surface area (Å²) in [6.45, 7) is 0. The Labute approximate surface area is 242 Å². The molecule has 0 unspecified atom stereocenters. The average Bonchev–Trinajstić information content (AvgIpc) is 3.27. The molecule has 8 rings (SSSR count). The molecule has 1 N–H and O–H groups in total. The van der Waals surface area contributed by atoms with Gasteiger partial charge in [0.2, 0.25) is 17.7 Å². The van der Waals surface area contributed by atoms with Crippen LogP contribution in [0.1, 0.15) is 40.2 Å². The number of carbonyl (C=O) groups excluding carboxylic acids is 3. The molecule has 202 valence electrons. The van der Waals surface area contributed by atoms with E-state index < -0.39 is 17.3 Å². The summed E-state index contributed by atoms with van der Waals surface area (Å²) in [4.78, 5) is 42.6. The molecule has 6 nitrogen and oxygen atoms in total. The van der Waals surface area contributed by atoms with Crippen LogP contribution < -0.4 is 10.3 Å². The highest BCUT2D eigenvalue weighted by Gasteiger charge is 2.68. The molecule has 4 aromatic carbocycles. The maximum atomic E-state index is 14.4. The summed E-state index contributed by atoms with van der Waals surface area (Å²) >= 11 is 6.51. The Balaban J connectivity index is 1.33. The molecule has 1 saturated heterocycles. The first-order chi connectivity index (χ1) is 20.0. The maximum absolute atomic E-state index is 14.4. The highest BCUT2D eigenvalue weighted by molar-refractivity contribution is 6.36. The Kier molecular flexibility index (Phi) is 6.09. The van der Waals surface area contributed by atoms with E-state index in [9.17, 15) is 14.4 Å². The zero-order valence-electron chi connectivity index (χ0n) is 22.0. The summed E-state index contributed by atoms with van der Waals surface area (Å²) in [5.41, 5.74) is 6.93. The number of para-hydroxylation sites is 1. The van der Waals surface area contributed by atoms with E-state index in [0.717, 1.165) is 27.8 Å². The fourth-order valence-electron chi connectivity index (χ4n) is 7.08. The lowest BCUT2D eigenvalue weighted by Gasteiger charge is -2.52. The van der Waals surface area contributed by atoms with Crippen molar-refractivity contribution in [3.8, 4) is 0 Å². The largest absolute Gasteiger partial charge is 0.274 e. The van der Waals surface area contributed by atoms with Crippen LogP contribution in [-0.2, 0) is 26.2 Å². The third kappa shape index (κ3) is 3.78. The van der Waals surface area contributed by atoms with Crippen LogP contribution in [0.4, 0.5) is 5.69 Å². The summed E-state index contributed by atoms with van der Waals surface area (Å²) in [6.07, 6.45) is 2.54. The third-order valence-electron chi connectivity index (χ3n) is 8.72. The number of nitrogens with one attached hydrogen (secondary N) is 1. The number of anilines is 1. The molecule has 0 saturated carbocycles. The van der Waals surface area contributed by atoms with Gasteiger partial charge in [-0.05, 0) is 46.4 Å². The molecule has 2 atom stereocenters. The molecule has 0 spiro atoms. The molecule has 3 amide bonds. The van der Waals surface area contributed by atoms with Crippen molar-refractivity contribution in [3.63, 3.8) is 0 Å². The second-order valence-electron chi connectivity index (χ2n) is 10.8. The summed E-state index contributed by atoms with van der Waals surface area (Å²) in [6, 6.07) is 32.6. The van der Waals surface area contributed by atoms with Gasteiger partial charge in [-0.15, -0.1) is 0 Å². The molecule has 41 heavy (non-hydrogen) atoms. The van der Waals surface area contributed by atoms with Crippen LogP contribution in [0.3, 0.4) is 0 Å². The molecule has 1 fully saturated rings. The van der Waals surface area contributed by atoms with E-state index >= 15 is 0 Å². The molecule has 2 bridgehead atoms. The number of rotatable bonds is 6. The monoisotopic (exact) mass is 559 g/mol. The fourth-order valence-corrected chi connectivity index (χ4v) is 7.31. The molecule has 4 aliphatic rings. The zero-order chi connectivity index (χ0) is 28.1. The highest BCUT2D eigenvalue weighted by Crippen LogP contribution is 2.63. The van der Waals surface area contributed by atoms with E-state index in [1.165, 1.54) is 4.90 Å². The number of hydrogen-bond acceptors (Lipinski definition) is 4. The van der Waals surface area contributed by atoms with Gasteiger partial charge in [0.25, 0.3) is 0 Å². The van der Waals surface area contributed by atoms with Crippen LogP contribution in [0.2, 0.25) is 5.02 Å². The van der Waals surface area contributed by atoms with Crippen molar-refractivity contribution in [1.29, 1.82) is 0 Å². The van der Waals surface area contributed by atoms with E-state index in [1.54, 1.807) is 30.5 Å². The van der Waals surface area contributed by atoms with E-state index in [4.69, 9.17) is 11.6 Å². The topological polar surface area (TPSA) is 78.8 Å². The number of carbonyl (C=O) groups is 3. The molecule has 0 radical (unpaired) electrons. The first kappa shape index (κ1) is 25.4. The summed E-state index contributed by atoms with van der Waals surface area (Å²) < 4.78 is 0. The SMILES string of the molecule is O=C(CCc1ccccc1)N/N=C\C12c3ccccc3C(c3ccccc31)[C@H]1C(=O)N(c3ccccc3Cl)C(=O)[C@@H]12. The number of aryl methyl sites for hydroxylation is 1. The molecule has 7 heteroatoms. The molecule has 1 heterocycles. The molecule has 1 aliphatic heterocycles. The van der Waals surface area contributed by atoms with Crippen molar-refractivity contribution < 1.29 is 14.4 Å². The Morgan fingerprint density at radius 3 is 2.12 bits per heavy atom. The Hall–Kier alpha value is -4.55. The van der Waals surface area contributed by atoms with Crippen molar-refractivity contribution in [2.45, 2.75) is 24.2 Å². The minimum Gasteiger partial charge on any atom is -0.274 e. The number of imide groups is 1. The van der Waals surface area contributed by atoms with Gasteiger partial charge in [-0.3, -0.25) is 14.4 Å². The van der Waals surface area contributed by atoms with Gasteiger partial charge in [0.05, 0.1) is 28.0 Å². The Morgan fingerprint density at radius 2 is 1.44 bits per heavy atom. The van der Waals surface area contributed by atoms with Gasteiger partial charge in [-0.25, -0.2) is 10.3 Å². The lowest BCUT2D eigenvalue weighted by Crippen LogP contribution is -2.54. The van der Waals surface area contributed by atoms with Gasteiger partial charge in [-0.2, -0.15) is 5.10 Å². The van der Waals surface area contributed by atoms with Crippen molar-refractivity contribution in [3.05, 3.63) is 136 Å². The van der Waals surface area contributed by atoms with Gasteiger partial charge in [-0.1, -0.05) is 103 Å².